The van der Waals surface area contributed by atoms with Gasteiger partial charge >= 0.3 is 0 Å². The summed E-state index contributed by atoms with van der Waals surface area (Å²) in [6.45, 7) is 1.97. The van der Waals surface area contributed by atoms with Crippen molar-refractivity contribution in [3.8, 4) is 0 Å². The van der Waals surface area contributed by atoms with E-state index in [0.29, 0.717) is 11.4 Å². The minimum atomic E-state index is 0.394. The van der Waals surface area contributed by atoms with Gasteiger partial charge in [0, 0.05) is 6.20 Å². The van der Waals surface area contributed by atoms with Crippen molar-refractivity contribution < 1.29 is 0 Å². The molecule has 0 amide bonds. The number of hydrogen-bond acceptors (Lipinski definition) is 4. The van der Waals surface area contributed by atoms with Gasteiger partial charge in [-0.1, -0.05) is 12.1 Å². The molecule has 1 aromatic carbocycles. The van der Waals surface area contributed by atoms with E-state index in [1.807, 2.05) is 25.1 Å². The molecule has 0 atom stereocenters. The topological polar surface area (TPSA) is 54.4 Å². The van der Waals surface area contributed by atoms with E-state index in [-0.39, 0.29) is 0 Å². The molecule has 0 bridgehead atoms. The van der Waals surface area contributed by atoms with Crippen LogP contribution in [0.2, 0.25) is 0 Å². The molecule has 0 spiro atoms. The predicted molar refractivity (Wildman–Crippen MR) is 64.2 cm³/mol. The number of aryl methyl sites for hydroxylation is 1. The van der Waals surface area contributed by atoms with Crippen LogP contribution in [0.1, 0.15) is 5.56 Å². The Kier molecular flexibility index (Phi) is 2.91. The van der Waals surface area contributed by atoms with Gasteiger partial charge in [-0.15, -0.1) is 4.91 Å². The van der Waals surface area contributed by atoms with Gasteiger partial charge in [0.05, 0.1) is 17.6 Å². The molecule has 1 aromatic heterocycles. The number of rotatable bonds is 3. The molecule has 2 rings (SSSR count). The molecule has 0 saturated heterocycles. The van der Waals surface area contributed by atoms with E-state index in [2.05, 4.69) is 15.5 Å². The third-order valence-electron chi connectivity index (χ3n) is 2.31. The molecular formula is C12H11N3O. The number of aromatic nitrogens is 1. The molecule has 0 aliphatic heterocycles. The summed E-state index contributed by atoms with van der Waals surface area (Å²) >= 11 is 0. The fraction of sp³-hybridized carbons (Fsp3) is 0.0833. The van der Waals surface area contributed by atoms with Crippen molar-refractivity contribution in [3.63, 3.8) is 0 Å². The highest BCUT2D eigenvalue weighted by Crippen LogP contribution is 2.28. The van der Waals surface area contributed by atoms with Crippen LogP contribution in [-0.4, -0.2) is 4.98 Å². The Hall–Kier alpha value is -2.23. The van der Waals surface area contributed by atoms with Crippen molar-refractivity contribution in [3.05, 3.63) is 53.2 Å². The van der Waals surface area contributed by atoms with Crippen LogP contribution in [0.5, 0.6) is 0 Å². The second kappa shape index (κ2) is 4.53. The first-order chi connectivity index (χ1) is 7.81. The fourth-order valence-electron chi connectivity index (χ4n) is 1.40. The van der Waals surface area contributed by atoms with Crippen molar-refractivity contribution in [1.29, 1.82) is 0 Å². The Bertz CT molecular complexity index is 511. The summed E-state index contributed by atoms with van der Waals surface area (Å²) in [4.78, 5) is 14.6. The van der Waals surface area contributed by atoms with Crippen molar-refractivity contribution in [2.75, 3.05) is 5.32 Å². The molecule has 1 heterocycles. The first-order valence-electron chi connectivity index (χ1n) is 4.91. The summed E-state index contributed by atoms with van der Waals surface area (Å²) in [5, 5.41) is 6.10. The zero-order valence-corrected chi connectivity index (χ0v) is 8.84. The van der Waals surface area contributed by atoms with Crippen LogP contribution in [0.15, 0.2) is 47.9 Å². The lowest BCUT2D eigenvalue weighted by Gasteiger charge is -2.09. The zero-order valence-electron chi connectivity index (χ0n) is 8.84. The van der Waals surface area contributed by atoms with E-state index in [1.54, 1.807) is 24.5 Å². The summed E-state index contributed by atoms with van der Waals surface area (Å²) in [5.41, 5.74) is 3.02. The lowest BCUT2D eigenvalue weighted by molar-refractivity contribution is 1.28. The normalized spacial score (nSPS) is 9.81. The number of anilines is 2. The second-order valence-corrected chi connectivity index (χ2v) is 3.42. The maximum absolute atomic E-state index is 10.6. The number of hydrogen-bond donors (Lipinski definition) is 1. The van der Waals surface area contributed by atoms with Crippen molar-refractivity contribution in [2.45, 2.75) is 6.92 Å². The molecule has 2 aromatic rings. The Labute approximate surface area is 93.3 Å². The Morgan fingerprint density at radius 2 is 2.00 bits per heavy atom. The molecule has 0 aliphatic rings. The first kappa shape index (κ1) is 10.3. The second-order valence-electron chi connectivity index (χ2n) is 3.42. The molecular weight excluding hydrogens is 202 g/mol. The minimum absolute atomic E-state index is 0.394. The fourth-order valence-corrected chi connectivity index (χ4v) is 1.40. The Morgan fingerprint density at radius 1 is 1.19 bits per heavy atom. The molecule has 0 unspecified atom stereocenters. The Balaban J connectivity index is 2.34. The molecule has 0 saturated carbocycles. The van der Waals surface area contributed by atoms with Gasteiger partial charge < -0.3 is 5.32 Å². The number of nitroso groups, excluding NO2 is 1. The van der Waals surface area contributed by atoms with E-state index in [0.717, 1.165) is 11.3 Å². The van der Waals surface area contributed by atoms with Gasteiger partial charge in [-0.2, -0.15) is 0 Å². The molecule has 16 heavy (non-hydrogen) atoms. The first-order valence-corrected chi connectivity index (χ1v) is 4.91. The summed E-state index contributed by atoms with van der Waals surface area (Å²) in [6.07, 6.45) is 3.45. The lowest BCUT2D eigenvalue weighted by atomic mass is 10.2. The van der Waals surface area contributed by atoms with Crippen molar-refractivity contribution in [2.24, 2.45) is 5.18 Å². The molecule has 1 N–H and O–H groups in total. The zero-order chi connectivity index (χ0) is 11.4. The molecule has 0 aliphatic carbocycles. The van der Waals surface area contributed by atoms with E-state index in [9.17, 15) is 4.91 Å². The molecule has 4 heteroatoms. The quantitative estimate of drug-likeness (QED) is 0.793. The summed E-state index contributed by atoms with van der Waals surface area (Å²) in [6, 6.07) is 9.00. The third-order valence-corrected chi connectivity index (χ3v) is 2.31. The molecule has 4 nitrogen and oxygen atoms in total. The van der Waals surface area contributed by atoms with Crippen LogP contribution in [0.3, 0.4) is 0 Å². The highest BCUT2D eigenvalue weighted by atomic mass is 16.3. The van der Waals surface area contributed by atoms with E-state index in [1.165, 1.54) is 0 Å². The number of nitrogens with zero attached hydrogens (tertiary/aromatic N) is 2. The van der Waals surface area contributed by atoms with Crippen LogP contribution < -0.4 is 5.32 Å². The summed E-state index contributed by atoms with van der Waals surface area (Å²) in [5.74, 6) is 0. The SMILES string of the molecule is Cc1ccncc1Nc1ccccc1N=O. The molecule has 80 valence electrons. The Morgan fingerprint density at radius 3 is 2.75 bits per heavy atom. The average Bonchev–Trinajstić information content (AvgIpc) is 2.33. The number of para-hydroxylation sites is 1. The maximum Gasteiger partial charge on any atom is 0.131 e. The van der Waals surface area contributed by atoms with Crippen LogP contribution in [0.4, 0.5) is 17.1 Å². The van der Waals surface area contributed by atoms with E-state index in [4.69, 9.17) is 0 Å². The van der Waals surface area contributed by atoms with Gasteiger partial charge in [0.25, 0.3) is 0 Å². The predicted octanol–water partition coefficient (Wildman–Crippen LogP) is 3.53. The third kappa shape index (κ3) is 2.06. The van der Waals surface area contributed by atoms with Gasteiger partial charge in [0.1, 0.15) is 5.69 Å². The van der Waals surface area contributed by atoms with Crippen LogP contribution in [0, 0.1) is 11.8 Å². The van der Waals surface area contributed by atoms with Crippen molar-refractivity contribution >= 4 is 17.1 Å². The number of pyridine rings is 1. The smallest absolute Gasteiger partial charge is 0.131 e. The largest absolute Gasteiger partial charge is 0.352 e. The number of benzene rings is 1. The van der Waals surface area contributed by atoms with Gasteiger partial charge in [-0.3, -0.25) is 4.98 Å². The monoisotopic (exact) mass is 213 g/mol. The van der Waals surface area contributed by atoms with Crippen LogP contribution in [-0.2, 0) is 0 Å². The van der Waals surface area contributed by atoms with Gasteiger partial charge in [0.15, 0.2) is 0 Å². The van der Waals surface area contributed by atoms with E-state index >= 15 is 0 Å². The van der Waals surface area contributed by atoms with Gasteiger partial charge in [0.2, 0.25) is 0 Å². The van der Waals surface area contributed by atoms with Gasteiger partial charge in [-0.25, -0.2) is 0 Å². The highest BCUT2D eigenvalue weighted by Gasteiger charge is 2.03. The average molecular weight is 213 g/mol. The van der Waals surface area contributed by atoms with E-state index < -0.39 is 0 Å². The standard InChI is InChI=1S/C12H11N3O/c1-9-6-7-13-8-12(9)14-10-4-2-3-5-11(10)15-16/h2-8,14H,1H3. The van der Waals surface area contributed by atoms with Crippen LogP contribution in [0.25, 0.3) is 0 Å². The highest BCUT2D eigenvalue weighted by molar-refractivity contribution is 5.72. The van der Waals surface area contributed by atoms with Gasteiger partial charge in [-0.05, 0) is 35.9 Å². The summed E-state index contributed by atoms with van der Waals surface area (Å²) in [7, 11) is 0. The minimum Gasteiger partial charge on any atom is -0.352 e. The summed E-state index contributed by atoms with van der Waals surface area (Å²) < 4.78 is 0. The molecule has 0 radical (unpaired) electrons. The number of nitrogens with one attached hydrogen (secondary N) is 1. The van der Waals surface area contributed by atoms with Crippen molar-refractivity contribution in [1.82, 2.24) is 4.98 Å². The molecule has 0 fully saturated rings. The lowest BCUT2D eigenvalue weighted by Crippen LogP contribution is -1.93. The maximum atomic E-state index is 10.6. The van der Waals surface area contributed by atoms with Crippen LogP contribution >= 0.6 is 0 Å².